The van der Waals surface area contributed by atoms with Crippen LogP contribution < -0.4 is 5.73 Å². The number of nitrogens with zero attached hydrogens (tertiary/aromatic N) is 3. The van der Waals surface area contributed by atoms with E-state index in [9.17, 15) is 4.79 Å². The van der Waals surface area contributed by atoms with Crippen molar-refractivity contribution >= 4 is 34.0 Å². The molecule has 0 saturated heterocycles. The Labute approximate surface area is 185 Å². The Morgan fingerprint density at radius 2 is 1.52 bits per heavy atom. The number of benzene rings is 1. The highest BCUT2D eigenvalue weighted by Gasteiger charge is 2.24. The molecule has 0 saturated carbocycles. The fourth-order valence-electron chi connectivity index (χ4n) is 3.96. The van der Waals surface area contributed by atoms with Crippen molar-refractivity contribution in [1.82, 2.24) is 14.5 Å². The summed E-state index contributed by atoms with van der Waals surface area (Å²) in [6, 6.07) is 7.69. The molecule has 2 heterocycles. The number of nitrogen functional groups attached to an aromatic ring is 1. The highest BCUT2D eigenvalue weighted by atomic mass is 16.5. The summed E-state index contributed by atoms with van der Waals surface area (Å²) in [4.78, 5) is 22.5. The molecule has 0 atom stereocenters. The maximum atomic E-state index is 12.9. The highest BCUT2D eigenvalue weighted by molar-refractivity contribution is 6.08. The molecule has 3 rings (SSSR count). The normalized spacial score (nSPS) is 11.4. The van der Waals surface area contributed by atoms with Gasteiger partial charge in [-0.2, -0.15) is 0 Å². The number of fused-ring (bicyclic) bond motifs is 2. The maximum Gasteiger partial charge on any atom is 0.344 e. The zero-order valence-electron chi connectivity index (χ0n) is 19.0. The van der Waals surface area contributed by atoms with Gasteiger partial charge in [0.1, 0.15) is 16.9 Å². The molecule has 0 aliphatic carbocycles. The molecule has 0 aliphatic heterocycles. The lowest BCUT2D eigenvalue weighted by Crippen LogP contribution is -2.11. The summed E-state index contributed by atoms with van der Waals surface area (Å²) >= 11 is 0. The van der Waals surface area contributed by atoms with Gasteiger partial charge in [0.15, 0.2) is 5.65 Å². The van der Waals surface area contributed by atoms with Crippen LogP contribution in [-0.2, 0) is 11.3 Å². The molecule has 6 heteroatoms. The van der Waals surface area contributed by atoms with Gasteiger partial charge in [0.25, 0.3) is 0 Å². The second kappa shape index (κ2) is 11.7. The van der Waals surface area contributed by atoms with Crippen LogP contribution in [-0.4, -0.2) is 27.1 Å². The summed E-state index contributed by atoms with van der Waals surface area (Å²) in [5.74, 6) is 0.0123. The molecule has 2 N–H and O–H groups in total. The molecule has 31 heavy (non-hydrogen) atoms. The largest absolute Gasteiger partial charge is 0.462 e. The van der Waals surface area contributed by atoms with Crippen molar-refractivity contribution in [1.29, 1.82) is 0 Å². The number of aryl methyl sites for hydroxylation is 1. The van der Waals surface area contributed by atoms with E-state index in [0.717, 1.165) is 43.1 Å². The van der Waals surface area contributed by atoms with Crippen molar-refractivity contribution < 1.29 is 9.53 Å². The predicted molar refractivity (Wildman–Crippen MR) is 127 cm³/mol. The van der Waals surface area contributed by atoms with Gasteiger partial charge in [-0.05, 0) is 25.0 Å². The van der Waals surface area contributed by atoms with Crippen molar-refractivity contribution in [2.45, 2.75) is 84.6 Å². The van der Waals surface area contributed by atoms with Gasteiger partial charge in [-0.3, -0.25) is 0 Å². The lowest BCUT2D eigenvalue weighted by atomic mass is 10.1. The van der Waals surface area contributed by atoms with Gasteiger partial charge in [0, 0.05) is 6.54 Å². The Morgan fingerprint density at radius 3 is 2.23 bits per heavy atom. The van der Waals surface area contributed by atoms with Gasteiger partial charge in [-0.1, -0.05) is 77.3 Å². The van der Waals surface area contributed by atoms with Crippen LogP contribution in [0, 0.1) is 0 Å². The molecular formula is C25H36N4O2. The number of carbonyl (C=O) groups is 1. The Bertz CT molecular complexity index is 996. The standard InChI is InChI=1S/C25H36N4O2/c1-3-5-7-8-9-10-14-18-31-25(30)21-22-24(29(23(21)26)17-13-6-4-2)28-20-16-12-11-15-19(20)27-22/h11-12,15-16H,3-10,13-14,17-18,26H2,1-2H3. The molecule has 1 aromatic carbocycles. The number of esters is 1. The first-order valence-corrected chi connectivity index (χ1v) is 11.9. The number of ether oxygens (including phenoxy) is 1. The third-order valence-electron chi connectivity index (χ3n) is 5.76. The number of nitrogens with two attached hydrogens (primary N) is 1. The second-order valence-corrected chi connectivity index (χ2v) is 8.26. The van der Waals surface area contributed by atoms with Crippen molar-refractivity contribution in [2.24, 2.45) is 0 Å². The zero-order valence-corrected chi connectivity index (χ0v) is 19.0. The van der Waals surface area contributed by atoms with Gasteiger partial charge in [0.2, 0.25) is 0 Å². The summed E-state index contributed by atoms with van der Waals surface area (Å²) in [6.45, 7) is 5.51. The van der Waals surface area contributed by atoms with Crippen LogP contribution in [0.4, 0.5) is 5.82 Å². The third kappa shape index (κ3) is 5.75. The van der Waals surface area contributed by atoms with E-state index in [-0.39, 0.29) is 0 Å². The topological polar surface area (TPSA) is 83.0 Å². The Kier molecular flexibility index (Phi) is 8.68. The molecule has 0 radical (unpaired) electrons. The lowest BCUT2D eigenvalue weighted by molar-refractivity contribution is 0.0501. The van der Waals surface area contributed by atoms with E-state index >= 15 is 0 Å². The van der Waals surface area contributed by atoms with Crippen molar-refractivity contribution in [3.8, 4) is 0 Å². The number of rotatable bonds is 13. The number of unbranched alkanes of at least 4 members (excludes halogenated alkanes) is 8. The predicted octanol–water partition coefficient (Wildman–Crippen LogP) is 6.26. The van der Waals surface area contributed by atoms with E-state index < -0.39 is 5.97 Å². The van der Waals surface area contributed by atoms with Crippen LogP contribution in [0.1, 0.15) is 88.4 Å². The number of carbonyl (C=O) groups excluding carboxylic acids is 1. The summed E-state index contributed by atoms with van der Waals surface area (Å²) in [6.07, 6.45) is 11.4. The van der Waals surface area contributed by atoms with Crippen LogP contribution in [0.2, 0.25) is 0 Å². The van der Waals surface area contributed by atoms with Crippen LogP contribution in [0.25, 0.3) is 22.2 Å². The van der Waals surface area contributed by atoms with Crippen molar-refractivity contribution in [3.63, 3.8) is 0 Å². The summed E-state index contributed by atoms with van der Waals surface area (Å²) in [5.41, 5.74) is 9.55. The first-order chi connectivity index (χ1) is 15.2. The summed E-state index contributed by atoms with van der Waals surface area (Å²) in [5, 5.41) is 0. The van der Waals surface area contributed by atoms with E-state index in [4.69, 9.17) is 20.4 Å². The molecule has 0 spiro atoms. The fraction of sp³-hybridized carbons (Fsp3) is 0.560. The molecule has 0 unspecified atom stereocenters. The molecule has 2 aromatic heterocycles. The average molecular weight is 425 g/mol. The molecule has 6 nitrogen and oxygen atoms in total. The van der Waals surface area contributed by atoms with Crippen LogP contribution in [0.3, 0.4) is 0 Å². The average Bonchev–Trinajstić information content (AvgIpc) is 3.04. The minimum Gasteiger partial charge on any atom is -0.462 e. The lowest BCUT2D eigenvalue weighted by Gasteiger charge is -2.07. The molecule has 0 bridgehead atoms. The molecule has 168 valence electrons. The molecule has 0 amide bonds. The van der Waals surface area contributed by atoms with E-state index in [1.165, 1.54) is 32.1 Å². The zero-order chi connectivity index (χ0) is 22.1. The van der Waals surface area contributed by atoms with Crippen LogP contribution in [0.5, 0.6) is 0 Å². The van der Waals surface area contributed by atoms with Crippen molar-refractivity contribution in [2.75, 3.05) is 12.3 Å². The van der Waals surface area contributed by atoms with Crippen molar-refractivity contribution in [3.05, 3.63) is 29.8 Å². The molecule has 3 aromatic rings. The minimum atomic E-state index is -0.396. The van der Waals surface area contributed by atoms with E-state index in [0.29, 0.717) is 35.7 Å². The van der Waals surface area contributed by atoms with Gasteiger partial charge in [-0.25, -0.2) is 14.8 Å². The van der Waals surface area contributed by atoms with E-state index in [2.05, 4.69) is 13.8 Å². The first-order valence-electron chi connectivity index (χ1n) is 11.9. The Morgan fingerprint density at radius 1 is 0.903 bits per heavy atom. The van der Waals surface area contributed by atoms with Gasteiger partial charge >= 0.3 is 5.97 Å². The summed E-state index contributed by atoms with van der Waals surface area (Å²) in [7, 11) is 0. The number of hydrogen-bond acceptors (Lipinski definition) is 5. The van der Waals surface area contributed by atoms with Crippen LogP contribution in [0.15, 0.2) is 24.3 Å². The monoisotopic (exact) mass is 424 g/mol. The van der Waals surface area contributed by atoms with E-state index in [1.54, 1.807) is 0 Å². The maximum absolute atomic E-state index is 12.9. The number of aromatic nitrogens is 3. The molecule has 0 aliphatic rings. The SMILES string of the molecule is CCCCCCCCCOC(=O)c1c(N)n(CCCCC)c2nc3ccccc3nc12. The second-order valence-electron chi connectivity index (χ2n) is 8.26. The smallest absolute Gasteiger partial charge is 0.344 e. The van der Waals surface area contributed by atoms with E-state index in [1.807, 2.05) is 28.8 Å². The quantitative estimate of drug-likeness (QED) is 0.258. The Hall–Kier alpha value is -2.63. The summed E-state index contributed by atoms with van der Waals surface area (Å²) < 4.78 is 7.52. The highest BCUT2D eigenvalue weighted by Crippen LogP contribution is 2.29. The minimum absolute atomic E-state index is 0.354. The number of anilines is 1. The number of hydrogen-bond donors (Lipinski definition) is 1. The first kappa shape index (κ1) is 23.0. The Balaban J connectivity index is 1.76. The third-order valence-corrected chi connectivity index (χ3v) is 5.76. The van der Waals surface area contributed by atoms with Gasteiger partial charge in [0.05, 0.1) is 17.6 Å². The number of para-hydroxylation sites is 2. The molecule has 0 fully saturated rings. The van der Waals surface area contributed by atoms with Crippen LogP contribution >= 0.6 is 0 Å². The fourth-order valence-corrected chi connectivity index (χ4v) is 3.96. The van der Waals surface area contributed by atoms with Gasteiger partial charge in [-0.15, -0.1) is 0 Å². The van der Waals surface area contributed by atoms with Gasteiger partial charge < -0.3 is 15.0 Å². The molecular weight excluding hydrogens is 388 g/mol.